The third-order valence-electron chi connectivity index (χ3n) is 8.79. The largest absolute Gasteiger partial charge is 0.310 e. The summed E-state index contributed by atoms with van der Waals surface area (Å²) in [5, 5.41) is 2.46. The lowest BCUT2D eigenvalue weighted by atomic mass is 9.95. The molecule has 220 valence electrons. The summed E-state index contributed by atoms with van der Waals surface area (Å²) in [6.07, 6.45) is 5.29. The van der Waals surface area contributed by atoms with Crippen LogP contribution in [-0.2, 0) is 0 Å². The van der Waals surface area contributed by atoms with Gasteiger partial charge in [0.05, 0.1) is 11.0 Å². The van der Waals surface area contributed by atoms with E-state index in [1.54, 1.807) is 6.33 Å². The molecule has 0 aliphatic heterocycles. The molecule has 2 heterocycles. The lowest BCUT2D eigenvalue weighted by Gasteiger charge is -2.25. The molecule has 0 saturated heterocycles. The quantitative estimate of drug-likeness (QED) is 0.193. The average Bonchev–Trinajstić information content (AvgIpc) is 3.44. The van der Waals surface area contributed by atoms with E-state index in [0.717, 1.165) is 28.2 Å². The molecule has 8 rings (SSSR count). The molecule has 6 aromatic carbocycles. The zero-order chi connectivity index (χ0) is 31.0. The van der Waals surface area contributed by atoms with Crippen molar-refractivity contribution in [1.29, 1.82) is 0 Å². The fourth-order valence-corrected chi connectivity index (χ4v) is 6.63. The van der Waals surface area contributed by atoms with Crippen molar-refractivity contribution >= 4 is 38.9 Å². The van der Waals surface area contributed by atoms with Crippen LogP contribution in [0.25, 0.3) is 49.7 Å². The number of hydrogen-bond donors (Lipinski definition) is 0. The Bertz CT molecular complexity index is 2280. The van der Waals surface area contributed by atoms with Gasteiger partial charge in [-0.2, -0.15) is 0 Å². The van der Waals surface area contributed by atoms with Gasteiger partial charge in [0.2, 0.25) is 0 Å². The van der Waals surface area contributed by atoms with Crippen LogP contribution in [0.3, 0.4) is 0 Å². The van der Waals surface area contributed by atoms with Gasteiger partial charge in [-0.15, -0.1) is 0 Å². The van der Waals surface area contributed by atoms with Gasteiger partial charge >= 0.3 is 0 Å². The number of aryl methyl sites for hydroxylation is 2. The molecule has 0 spiro atoms. The minimum absolute atomic E-state index is 1.01. The Kier molecular flexibility index (Phi) is 6.88. The van der Waals surface area contributed by atoms with Crippen molar-refractivity contribution in [2.45, 2.75) is 13.8 Å². The predicted molar refractivity (Wildman–Crippen MR) is 191 cm³/mol. The van der Waals surface area contributed by atoms with Crippen LogP contribution in [0.4, 0.5) is 17.1 Å². The monoisotopic (exact) mass is 592 g/mol. The number of nitrogens with zero attached hydrogens (tertiary/aromatic N) is 4. The third-order valence-corrected chi connectivity index (χ3v) is 8.79. The molecule has 4 heteroatoms. The van der Waals surface area contributed by atoms with E-state index >= 15 is 0 Å². The Morgan fingerprint density at radius 2 is 1.13 bits per heavy atom. The molecule has 8 aromatic rings. The second kappa shape index (κ2) is 11.5. The van der Waals surface area contributed by atoms with Crippen molar-refractivity contribution in [1.82, 2.24) is 14.5 Å². The van der Waals surface area contributed by atoms with Gasteiger partial charge in [0.15, 0.2) is 0 Å². The second-order valence-corrected chi connectivity index (χ2v) is 11.7. The minimum Gasteiger partial charge on any atom is -0.310 e. The number of aromatic nitrogens is 3. The van der Waals surface area contributed by atoms with E-state index in [2.05, 4.69) is 173 Å². The van der Waals surface area contributed by atoms with Crippen LogP contribution in [0.5, 0.6) is 0 Å². The molecule has 0 unspecified atom stereocenters. The highest BCUT2D eigenvalue weighted by molar-refractivity contribution is 6.10. The van der Waals surface area contributed by atoms with Crippen LogP contribution in [0, 0.1) is 13.8 Å². The Morgan fingerprint density at radius 1 is 0.478 bits per heavy atom. The molecule has 0 aliphatic rings. The zero-order valence-electron chi connectivity index (χ0n) is 25.8. The van der Waals surface area contributed by atoms with Crippen molar-refractivity contribution in [3.63, 3.8) is 0 Å². The van der Waals surface area contributed by atoms with Gasteiger partial charge in [0, 0.05) is 51.5 Å². The molecule has 0 fully saturated rings. The molecule has 4 nitrogen and oxygen atoms in total. The van der Waals surface area contributed by atoms with Gasteiger partial charge < -0.3 is 9.47 Å². The van der Waals surface area contributed by atoms with Crippen LogP contribution < -0.4 is 4.90 Å². The van der Waals surface area contributed by atoms with E-state index in [-0.39, 0.29) is 0 Å². The smallest absolute Gasteiger partial charge is 0.115 e. The summed E-state index contributed by atoms with van der Waals surface area (Å²) in [4.78, 5) is 10.8. The van der Waals surface area contributed by atoms with Crippen molar-refractivity contribution in [2.24, 2.45) is 0 Å². The van der Waals surface area contributed by atoms with E-state index in [4.69, 9.17) is 0 Å². The summed E-state index contributed by atoms with van der Waals surface area (Å²) in [6.45, 7) is 4.43. The van der Waals surface area contributed by atoms with Crippen molar-refractivity contribution < 1.29 is 0 Å². The van der Waals surface area contributed by atoms with Gasteiger partial charge in [-0.3, -0.25) is 0 Å². The first-order valence-electron chi connectivity index (χ1n) is 15.6. The molecule has 0 atom stereocenters. The van der Waals surface area contributed by atoms with Gasteiger partial charge in [0.1, 0.15) is 6.33 Å². The number of fused-ring (bicyclic) bond motifs is 3. The van der Waals surface area contributed by atoms with Crippen LogP contribution in [-0.4, -0.2) is 14.5 Å². The standard InChI is InChI=1S/C42H32N4/c1-29-23-42(30(2)22-38(29)32-13-11-12-31(24-32)33-26-43-28-44-27-33)46-40-19-10-9-18-37(40)39-25-36(20-21-41(39)46)45(34-14-5-3-6-15-34)35-16-7-4-8-17-35/h3-28H,1-2H3. The van der Waals surface area contributed by atoms with Crippen molar-refractivity contribution in [2.75, 3.05) is 4.90 Å². The molecular weight excluding hydrogens is 560 g/mol. The van der Waals surface area contributed by atoms with Crippen LogP contribution >= 0.6 is 0 Å². The summed E-state index contributed by atoms with van der Waals surface area (Å²) in [6, 6.07) is 50.1. The molecule has 2 aromatic heterocycles. The minimum atomic E-state index is 1.01. The lowest BCUT2D eigenvalue weighted by Crippen LogP contribution is -2.09. The number of rotatable bonds is 6. The number of benzene rings is 6. The Hall–Kier alpha value is -6.00. The first-order valence-corrected chi connectivity index (χ1v) is 15.6. The van der Waals surface area contributed by atoms with E-state index in [1.165, 1.54) is 49.7 Å². The highest BCUT2D eigenvalue weighted by atomic mass is 15.1. The number of para-hydroxylation sites is 3. The van der Waals surface area contributed by atoms with Gasteiger partial charge in [0.25, 0.3) is 0 Å². The summed E-state index contributed by atoms with van der Waals surface area (Å²) in [5.41, 5.74) is 13.9. The number of anilines is 3. The lowest BCUT2D eigenvalue weighted by molar-refractivity contribution is 1.14. The van der Waals surface area contributed by atoms with Crippen molar-refractivity contribution in [3.8, 4) is 27.9 Å². The molecule has 0 aliphatic carbocycles. The fourth-order valence-electron chi connectivity index (χ4n) is 6.63. The topological polar surface area (TPSA) is 34.0 Å². The zero-order valence-corrected chi connectivity index (χ0v) is 25.8. The highest BCUT2D eigenvalue weighted by Crippen LogP contribution is 2.40. The summed E-state index contributed by atoms with van der Waals surface area (Å²) < 4.78 is 2.42. The van der Waals surface area contributed by atoms with E-state index < -0.39 is 0 Å². The summed E-state index contributed by atoms with van der Waals surface area (Å²) in [7, 11) is 0. The molecule has 0 saturated carbocycles. The summed E-state index contributed by atoms with van der Waals surface area (Å²) in [5.74, 6) is 0. The molecule has 0 N–H and O–H groups in total. The second-order valence-electron chi connectivity index (χ2n) is 11.7. The molecular formula is C42H32N4. The van der Waals surface area contributed by atoms with Crippen LogP contribution in [0.15, 0.2) is 158 Å². The van der Waals surface area contributed by atoms with E-state index in [9.17, 15) is 0 Å². The maximum atomic E-state index is 4.21. The third kappa shape index (κ3) is 4.81. The predicted octanol–water partition coefficient (Wildman–Crippen LogP) is 11.0. The first kappa shape index (κ1) is 27.5. The maximum Gasteiger partial charge on any atom is 0.115 e. The molecule has 0 bridgehead atoms. The Morgan fingerprint density at radius 3 is 1.87 bits per heavy atom. The molecule has 46 heavy (non-hydrogen) atoms. The molecule has 0 amide bonds. The normalized spacial score (nSPS) is 11.3. The van der Waals surface area contributed by atoms with Crippen LogP contribution in [0.1, 0.15) is 11.1 Å². The highest BCUT2D eigenvalue weighted by Gasteiger charge is 2.18. The maximum absolute atomic E-state index is 4.21. The Labute approximate surface area is 268 Å². The van der Waals surface area contributed by atoms with Crippen molar-refractivity contribution in [3.05, 3.63) is 169 Å². The first-order chi connectivity index (χ1) is 22.7. The van der Waals surface area contributed by atoms with Gasteiger partial charge in [-0.05, 0) is 108 Å². The summed E-state index contributed by atoms with van der Waals surface area (Å²) >= 11 is 0. The SMILES string of the molecule is Cc1cc(-n2c3ccccc3c3cc(N(c4ccccc4)c4ccccc4)ccc32)c(C)cc1-c1cccc(-c2cncnc2)c1. The van der Waals surface area contributed by atoms with Gasteiger partial charge in [-0.1, -0.05) is 72.8 Å². The average molecular weight is 593 g/mol. The fraction of sp³-hybridized carbons (Fsp3) is 0.0476. The van der Waals surface area contributed by atoms with Crippen LogP contribution in [0.2, 0.25) is 0 Å². The van der Waals surface area contributed by atoms with E-state index in [1.807, 2.05) is 12.4 Å². The van der Waals surface area contributed by atoms with Gasteiger partial charge in [-0.25, -0.2) is 9.97 Å². The number of hydrogen-bond acceptors (Lipinski definition) is 3. The molecule has 0 radical (unpaired) electrons. The Balaban J connectivity index is 1.28. The van der Waals surface area contributed by atoms with E-state index in [0.29, 0.717) is 0 Å².